The molecule has 2 aromatic rings. The fourth-order valence-electron chi connectivity index (χ4n) is 1.55. The Morgan fingerprint density at radius 1 is 1.44 bits per heavy atom. The Kier molecular flexibility index (Phi) is 3.67. The molecule has 0 bridgehead atoms. The molecule has 4 heteroatoms. The number of aromatic nitrogens is 1. The van der Waals surface area contributed by atoms with Crippen molar-refractivity contribution in [3.05, 3.63) is 23.9 Å². The van der Waals surface area contributed by atoms with E-state index in [4.69, 9.17) is 20.9 Å². The molecule has 0 N–H and O–H groups in total. The van der Waals surface area contributed by atoms with E-state index in [0.29, 0.717) is 12.3 Å². The number of alkyl halides is 1. The SMILES string of the molecule is CCCOc1ccc2onc(CCCl)c2c1. The van der Waals surface area contributed by atoms with Gasteiger partial charge in [-0.1, -0.05) is 12.1 Å². The van der Waals surface area contributed by atoms with Crippen molar-refractivity contribution in [3.8, 4) is 5.75 Å². The van der Waals surface area contributed by atoms with Gasteiger partial charge in [0.25, 0.3) is 0 Å². The second kappa shape index (κ2) is 5.21. The van der Waals surface area contributed by atoms with Gasteiger partial charge in [-0.15, -0.1) is 11.6 Å². The predicted octanol–water partition coefficient (Wildman–Crippen LogP) is 3.40. The Balaban J connectivity index is 2.30. The molecule has 0 saturated carbocycles. The predicted molar refractivity (Wildman–Crippen MR) is 64.2 cm³/mol. The molecular formula is C12H14ClNO2. The molecule has 0 spiro atoms. The van der Waals surface area contributed by atoms with Crippen molar-refractivity contribution in [2.45, 2.75) is 19.8 Å². The summed E-state index contributed by atoms with van der Waals surface area (Å²) in [5.41, 5.74) is 1.68. The minimum absolute atomic E-state index is 0.543. The topological polar surface area (TPSA) is 35.3 Å². The second-order valence-electron chi connectivity index (χ2n) is 3.57. The zero-order chi connectivity index (χ0) is 11.4. The maximum atomic E-state index is 5.70. The van der Waals surface area contributed by atoms with Crippen LogP contribution < -0.4 is 4.74 Å². The van der Waals surface area contributed by atoms with Crippen molar-refractivity contribution in [1.82, 2.24) is 5.16 Å². The van der Waals surface area contributed by atoms with Gasteiger partial charge in [0.15, 0.2) is 5.58 Å². The molecular weight excluding hydrogens is 226 g/mol. The largest absolute Gasteiger partial charge is 0.494 e. The lowest BCUT2D eigenvalue weighted by Crippen LogP contribution is -1.94. The summed E-state index contributed by atoms with van der Waals surface area (Å²) in [6.45, 7) is 2.80. The Bertz CT molecular complexity index is 467. The Labute approximate surface area is 99.3 Å². The highest BCUT2D eigenvalue weighted by molar-refractivity contribution is 6.18. The average Bonchev–Trinajstić information content (AvgIpc) is 2.70. The minimum atomic E-state index is 0.543. The third-order valence-corrected chi connectivity index (χ3v) is 2.51. The maximum absolute atomic E-state index is 5.70. The molecule has 0 aliphatic rings. The van der Waals surface area contributed by atoms with E-state index in [2.05, 4.69) is 12.1 Å². The first-order valence-electron chi connectivity index (χ1n) is 5.42. The molecule has 3 nitrogen and oxygen atoms in total. The molecule has 0 saturated heterocycles. The number of aryl methyl sites for hydroxylation is 1. The summed E-state index contributed by atoms with van der Waals surface area (Å²) in [6.07, 6.45) is 1.71. The van der Waals surface area contributed by atoms with Crippen molar-refractivity contribution in [2.75, 3.05) is 12.5 Å². The van der Waals surface area contributed by atoms with Crippen LogP contribution in [0.25, 0.3) is 11.0 Å². The lowest BCUT2D eigenvalue weighted by Gasteiger charge is -2.03. The zero-order valence-electron chi connectivity index (χ0n) is 9.20. The van der Waals surface area contributed by atoms with Crippen LogP contribution in [0.2, 0.25) is 0 Å². The molecule has 0 fully saturated rings. The van der Waals surface area contributed by atoms with Crippen LogP contribution in [0.15, 0.2) is 22.7 Å². The number of hydrogen-bond acceptors (Lipinski definition) is 3. The van der Waals surface area contributed by atoms with Gasteiger partial charge in [0, 0.05) is 17.7 Å². The summed E-state index contributed by atoms with van der Waals surface area (Å²) in [6, 6.07) is 5.74. The fraction of sp³-hybridized carbons (Fsp3) is 0.417. The third-order valence-electron chi connectivity index (χ3n) is 2.32. The van der Waals surface area contributed by atoms with Crippen molar-refractivity contribution in [3.63, 3.8) is 0 Å². The summed E-state index contributed by atoms with van der Waals surface area (Å²) in [7, 11) is 0. The number of nitrogens with zero attached hydrogens (tertiary/aromatic N) is 1. The first-order chi connectivity index (χ1) is 7.85. The van der Waals surface area contributed by atoms with Gasteiger partial charge in [-0.05, 0) is 24.6 Å². The molecule has 16 heavy (non-hydrogen) atoms. The van der Waals surface area contributed by atoms with E-state index in [1.807, 2.05) is 18.2 Å². The number of ether oxygens (including phenoxy) is 1. The van der Waals surface area contributed by atoms with E-state index in [9.17, 15) is 0 Å². The van der Waals surface area contributed by atoms with Crippen molar-refractivity contribution in [2.24, 2.45) is 0 Å². The molecule has 0 radical (unpaired) electrons. The van der Waals surface area contributed by atoms with Crippen LogP contribution in [0.3, 0.4) is 0 Å². The maximum Gasteiger partial charge on any atom is 0.167 e. The second-order valence-corrected chi connectivity index (χ2v) is 3.95. The van der Waals surface area contributed by atoms with Gasteiger partial charge in [-0.2, -0.15) is 0 Å². The molecule has 1 aromatic heterocycles. The number of rotatable bonds is 5. The summed E-state index contributed by atoms with van der Waals surface area (Å²) >= 11 is 5.70. The average molecular weight is 240 g/mol. The Morgan fingerprint density at radius 2 is 2.31 bits per heavy atom. The summed E-state index contributed by atoms with van der Waals surface area (Å²) in [5.74, 6) is 1.40. The number of halogens is 1. The van der Waals surface area contributed by atoms with Gasteiger partial charge >= 0.3 is 0 Å². The molecule has 0 aliphatic heterocycles. The van der Waals surface area contributed by atoms with Gasteiger partial charge in [-0.25, -0.2) is 0 Å². The number of benzene rings is 1. The highest BCUT2D eigenvalue weighted by Crippen LogP contribution is 2.24. The van der Waals surface area contributed by atoms with Gasteiger partial charge in [-0.3, -0.25) is 0 Å². The van der Waals surface area contributed by atoms with Gasteiger partial charge < -0.3 is 9.26 Å². The van der Waals surface area contributed by atoms with Crippen LogP contribution in [0.5, 0.6) is 5.75 Å². The highest BCUT2D eigenvalue weighted by Gasteiger charge is 2.08. The standard InChI is InChI=1S/C12H14ClNO2/c1-2-7-15-9-3-4-12-10(8-9)11(5-6-13)14-16-12/h3-4,8H,2,5-7H2,1H3. The van der Waals surface area contributed by atoms with Crippen LogP contribution in [0, 0.1) is 0 Å². The molecule has 1 aromatic carbocycles. The smallest absolute Gasteiger partial charge is 0.167 e. The molecule has 2 rings (SSSR count). The van der Waals surface area contributed by atoms with E-state index in [1.165, 1.54) is 0 Å². The summed E-state index contributed by atoms with van der Waals surface area (Å²) in [4.78, 5) is 0. The first-order valence-corrected chi connectivity index (χ1v) is 5.95. The lowest BCUT2D eigenvalue weighted by atomic mass is 10.2. The molecule has 86 valence electrons. The van der Waals surface area contributed by atoms with E-state index >= 15 is 0 Å². The zero-order valence-corrected chi connectivity index (χ0v) is 9.96. The van der Waals surface area contributed by atoms with E-state index in [-0.39, 0.29) is 0 Å². The summed E-state index contributed by atoms with van der Waals surface area (Å²) < 4.78 is 10.8. The quantitative estimate of drug-likeness (QED) is 0.751. The molecule has 0 atom stereocenters. The van der Waals surface area contributed by atoms with E-state index < -0.39 is 0 Å². The van der Waals surface area contributed by atoms with Crippen molar-refractivity contribution >= 4 is 22.6 Å². The molecule has 0 unspecified atom stereocenters. The Morgan fingerprint density at radius 3 is 3.06 bits per heavy atom. The van der Waals surface area contributed by atoms with Crippen LogP contribution in [-0.2, 0) is 6.42 Å². The fourth-order valence-corrected chi connectivity index (χ4v) is 1.73. The highest BCUT2D eigenvalue weighted by atomic mass is 35.5. The van der Waals surface area contributed by atoms with E-state index in [0.717, 1.165) is 35.4 Å². The van der Waals surface area contributed by atoms with Gasteiger partial charge in [0.1, 0.15) is 5.75 Å². The number of hydrogen-bond donors (Lipinski definition) is 0. The Hall–Kier alpha value is -1.22. The van der Waals surface area contributed by atoms with Crippen molar-refractivity contribution in [1.29, 1.82) is 0 Å². The van der Waals surface area contributed by atoms with Gasteiger partial charge in [0.2, 0.25) is 0 Å². The monoisotopic (exact) mass is 239 g/mol. The van der Waals surface area contributed by atoms with E-state index in [1.54, 1.807) is 0 Å². The summed E-state index contributed by atoms with van der Waals surface area (Å²) in [5, 5.41) is 4.99. The molecule has 0 aliphatic carbocycles. The van der Waals surface area contributed by atoms with Crippen LogP contribution in [-0.4, -0.2) is 17.6 Å². The van der Waals surface area contributed by atoms with Crippen molar-refractivity contribution < 1.29 is 9.26 Å². The van der Waals surface area contributed by atoms with Crippen LogP contribution in [0.4, 0.5) is 0 Å². The van der Waals surface area contributed by atoms with Crippen LogP contribution in [0.1, 0.15) is 19.0 Å². The lowest BCUT2D eigenvalue weighted by molar-refractivity contribution is 0.318. The first kappa shape index (κ1) is 11.3. The minimum Gasteiger partial charge on any atom is -0.494 e. The van der Waals surface area contributed by atoms with Gasteiger partial charge in [0.05, 0.1) is 12.3 Å². The molecule has 0 amide bonds. The van der Waals surface area contributed by atoms with Crippen LogP contribution >= 0.6 is 11.6 Å². The number of fused-ring (bicyclic) bond motifs is 1. The third kappa shape index (κ3) is 2.30. The normalized spacial score (nSPS) is 10.9. The molecule has 1 heterocycles.